The second-order valence-corrected chi connectivity index (χ2v) is 6.26. The van der Waals surface area contributed by atoms with Crippen LogP contribution in [0.25, 0.3) is 11.0 Å². The fraction of sp³-hybridized carbons (Fsp3) is 0.471. The lowest BCUT2D eigenvalue weighted by Crippen LogP contribution is -2.33. The van der Waals surface area contributed by atoms with E-state index in [1.165, 1.54) is 12.5 Å². The molecular formula is C17H21FN6. The molecule has 0 radical (unpaired) electrons. The second-order valence-electron chi connectivity index (χ2n) is 6.26. The summed E-state index contributed by atoms with van der Waals surface area (Å²) in [6, 6.07) is 5.58. The third-order valence-electron chi connectivity index (χ3n) is 4.83. The lowest BCUT2D eigenvalue weighted by Gasteiger charge is -2.24. The molecule has 6 nitrogen and oxygen atoms in total. The molecule has 1 aliphatic heterocycles. The van der Waals surface area contributed by atoms with E-state index in [9.17, 15) is 4.39 Å². The van der Waals surface area contributed by atoms with Gasteiger partial charge in [0.1, 0.15) is 24.0 Å². The average molecular weight is 328 g/mol. The van der Waals surface area contributed by atoms with Gasteiger partial charge in [0.05, 0.1) is 18.6 Å². The maximum atomic E-state index is 14.1. The topological polar surface area (TPSA) is 51.8 Å². The number of nitrogens with zero attached hydrogens (tertiary/aromatic N) is 6. The van der Waals surface area contributed by atoms with Crippen LogP contribution in [0.2, 0.25) is 0 Å². The van der Waals surface area contributed by atoms with Crippen molar-refractivity contribution in [3.63, 3.8) is 0 Å². The van der Waals surface area contributed by atoms with Gasteiger partial charge >= 0.3 is 0 Å². The number of hydrogen-bond donors (Lipinski definition) is 0. The molecule has 0 N–H and O–H groups in total. The van der Waals surface area contributed by atoms with Gasteiger partial charge in [-0.25, -0.2) is 14.4 Å². The van der Waals surface area contributed by atoms with Crippen molar-refractivity contribution in [1.82, 2.24) is 29.2 Å². The third-order valence-corrected chi connectivity index (χ3v) is 4.83. The number of hydrogen-bond acceptors (Lipinski definition) is 4. The fourth-order valence-corrected chi connectivity index (χ4v) is 3.67. The van der Waals surface area contributed by atoms with Crippen LogP contribution in [0.15, 0.2) is 30.9 Å². The predicted octanol–water partition coefficient (Wildman–Crippen LogP) is 2.45. The van der Waals surface area contributed by atoms with Crippen LogP contribution in [0.3, 0.4) is 0 Å². The van der Waals surface area contributed by atoms with E-state index >= 15 is 0 Å². The first kappa shape index (κ1) is 15.3. The van der Waals surface area contributed by atoms with Gasteiger partial charge in [-0.3, -0.25) is 9.58 Å². The first-order valence-corrected chi connectivity index (χ1v) is 8.46. The minimum Gasteiger partial charge on any atom is -0.327 e. The Kier molecular flexibility index (Phi) is 4.02. The number of para-hydroxylation sites is 1. The van der Waals surface area contributed by atoms with Gasteiger partial charge in [-0.2, -0.15) is 5.10 Å². The van der Waals surface area contributed by atoms with Crippen molar-refractivity contribution in [2.75, 3.05) is 6.54 Å². The summed E-state index contributed by atoms with van der Waals surface area (Å²) in [5.74, 6) is 0.685. The summed E-state index contributed by atoms with van der Waals surface area (Å²) >= 11 is 0. The largest absolute Gasteiger partial charge is 0.327 e. The Morgan fingerprint density at radius 3 is 3.04 bits per heavy atom. The summed E-state index contributed by atoms with van der Waals surface area (Å²) in [5.41, 5.74) is 1.35. The second kappa shape index (κ2) is 6.32. The molecule has 24 heavy (non-hydrogen) atoms. The Morgan fingerprint density at radius 1 is 1.33 bits per heavy atom. The Hall–Kier alpha value is -2.28. The maximum absolute atomic E-state index is 14.1. The number of aryl methyl sites for hydroxylation is 1. The molecule has 1 aliphatic rings. The molecule has 1 saturated heterocycles. The standard InChI is InChI=1S/C17H21FN6/c1-2-24-15-7-3-6-14(18)17(15)21-16(24)10-22-8-4-5-13(22)9-23-12-19-11-20-23/h3,6-7,11-13H,2,4-5,8-10H2,1H3/t13-/m0/s1. The van der Waals surface area contributed by atoms with Crippen molar-refractivity contribution in [2.45, 2.75) is 45.4 Å². The molecule has 1 fully saturated rings. The van der Waals surface area contributed by atoms with Crippen LogP contribution in [0.5, 0.6) is 0 Å². The highest BCUT2D eigenvalue weighted by Gasteiger charge is 2.27. The maximum Gasteiger partial charge on any atom is 0.151 e. The van der Waals surface area contributed by atoms with E-state index in [-0.39, 0.29) is 5.82 Å². The zero-order chi connectivity index (χ0) is 16.5. The van der Waals surface area contributed by atoms with E-state index in [0.717, 1.165) is 43.9 Å². The van der Waals surface area contributed by atoms with Crippen LogP contribution in [-0.2, 0) is 19.6 Å². The SMILES string of the molecule is CCn1c(CN2CCC[C@H]2Cn2cncn2)nc2c(F)cccc21. The molecule has 0 amide bonds. The molecule has 7 heteroatoms. The van der Waals surface area contributed by atoms with E-state index in [2.05, 4.69) is 31.5 Å². The van der Waals surface area contributed by atoms with Crippen LogP contribution in [0.1, 0.15) is 25.6 Å². The van der Waals surface area contributed by atoms with Gasteiger partial charge in [0.15, 0.2) is 5.82 Å². The van der Waals surface area contributed by atoms with E-state index in [0.29, 0.717) is 11.6 Å². The molecular weight excluding hydrogens is 307 g/mol. The molecule has 1 aromatic carbocycles. The van der Waals surface area contributed by atoms with E-state index in [1.807, 2.05) is 10.7 Å². The quantitative estimate of drug-likeness (QED) is 0.722. The van der Waals surface area contributed by atoms with Gasteiger partial charge in [-0.05, 0) is 38.4 Å². The summed E-state index contributed by atoms with van der Waals surface area (Å²) in [5, 5.41) is 4.21. The summed E-state index contributed by atoms with van der Waals surface area (Å²) in [6.45, 7) is 5.47. The van der Waals surface area contributed by atoms with Gasteiger partial charge in [-0.1, -0.05) is 6.07 Å². The number of benzene rings is 1. The summed E-state index contributed by atoms with van der Waals surface area (Å²) in [6.07, 6.45) is 5.63. The minimum atomic E-state index is -0.249. The number of imidazole rings is 1. The predicted molar refractivity (Wildman–Crippen MR) is 88.8 cm³/mol. The molecule has 0 aliphatic carbocycles. The molecule has 3 heterocycles. The van der Waals surface area contributed by atoms with Gasteiger partial charge in [0.2, 0.25) is 0 Å². The summed E-state index contributed by atoms with van der Waals surface area (Å²) in [7, 11) is 0. The smallest absolute Gasteiger partial charge is 0.151 e. The Labute approximate surface area is 139 Å². The van der Waals surface area contributed by atoms with Crippen molar-refractivity contribution in [1.29, 1.82) is 0 Å². The Morgan fingerprint density at radius 2 is 2.25 bits per heavy atom. The molecule has 0 spiro atoms. The highest BCUT2D eigenvalue weighted by atomic mass is 19.1. The van der Waals surface area contributed by atoms with Crippen LogP contribution in [0, 0.1) is 5.82 Å². The van der Waals surface area contributed by atoms with Gasteiger partial charge in [0, 0.05) is 12.6 Å². The summed E-state index contributed by atoms with van der Waals surface area (Å²) in [4.78, 5) is 11.0. The minimum absolute atomic E-state index is 0.249. The molecule has 0 saturated carbocycles. The fourth-order valence-electron chi connectivity index (χ4n) is 3.67. The number of rotatable bonds is 5. The molecule has 3 aromatic rings. The van der Waals surface area contributed by atoms with E-state index in [4.69, 9.17) is 0 Å². The molecule has 2 aromatic heterocycles. The zero-order valence-electron chi connectivity index (χ0n) is 13.8. The highest BCUT2D eigenvalue weighted by molar-refractivity contribution is 5.76. The lowest BCUT2D eigenvalue weighted by molar-refractivity contribution is 0.212. The average Bonchev–Trinajstić information content (AvgIpc) is 3.30. The van der Waals surface area contributed by atoms with Crippen LogP contribution < -0.4 is 0 Å². The number of halogens is 1. The molecule has 4 rings (SSSR count). The molecule has 126 valence electrons. The lowest BCUT2D eigenvalue weighted by atomic mass is 10.2. The first-order valence-electron chi connectivity index (χ1n) is 8.46. The van der Waals surface area contributed by atoms with E-state index < -0.39 is 0 Å². The number of aromatic nitrogens is 5. The summed E-state index contributed by atoms with van der Waals surface area (Å²) < 4.78 is 18.0. The van der Waals surface area contributed by atoms with Crippen molar-refractivity contribution in [2.24, 2.45) is 0 Å². The van der Waals surface area contributed by atoms with Gasteiger partial charge in [0.25, 0.3) is 0 Å². The number of fused-ring (bicyclic) bond motifs is 1. The van der Waals surface area contributed by atoms with E-state index in [1.54, 1.807) is 18.7 Å². The van der Waals surface area contributed by atoms with Crippen molar-refractivity contribution >= 4 is 11.0 Å². The molecule has 0 bridgehead atoms. The van der Waals surface area contributed by atoms with Crippen molar-refractivity contribution < 1.29 is 4.39 Å². The van der Waals surface area contributed by atoms with Crippen LogP contribution >= 0.6 is 0 Å². The normalized spacial score (nSPS) is 18.7. The van der Waals surface area contributed by atoms with Crippen molar-refractivity contribution in [3.05, 3.63) is 42.5 Å². The highest BCUT2D eigenvalue weighted by Crippen LogP contribution is 2.24. The zero-order valence-corrected chi connectivity index (χ0v) is 13.8. The molecule has 1 atom stereocenters. The Bertz CT molecular complexity index is 825. The van der Waals surface area contributed by atoms with Crippen LogP contribution in [-0.4, -0.2) is 41.8 Å². The monoisotopic (exact) mass is 328 g/mol. The third kappa shape index (κ3) is 2.69. The van der Waals surface area contributed by atoms with Gasteiger partial charge in [-0.15, -0.1) is 0 Å². The van der Waals surface area contributed by atoms with Crippen LogP contribution in [0.4, 0.5) is 4.39 Å². The Balaban J connectivity index is 1.60. The molecule has 0 unspecified atom stereocenters. The number of likely N-dealkylation sites (tertiary alicyclic amines) is 1. The van der Waals surface area contributed by atoms with Gasteiger partial charge < -0.3 is 4.57 Å². The van der Waals surface area contributed by atoms with Crippen molar-refractivity contribution in [3.8, 4) is 0 Å². The first-order chi connectivity index (χ1) is 11.8.